The molecule has 1 aromatic heterocycles. The molecule has 1 aliphatic carbocycles. The normalized spacial score (nSPS) is 13.4. The first kappa shape index (κ1) is 7.56. The van der Waals surface area contributed by atoms with Gasteiger partial charge in [-0.05, 0) is 35.7 Å². The van der Waals surface area contributed by atoms with Gasteiger partial charge in [-0.25, -0.2) is 4.79 Å². The quantitative estimate of drug-likeness (QED) is 0.588. The van der Waals surface area contributed by atoms with Crippen LogP contribution in [0.1, 0.15) is 11.1 Å². The molecule has 2 aromatic rings. The summed E-state index contributed by atoms with van der Waals surface area (Å²) in [5.74, 6) is 0. The van der Waals surface area contributed by atoms with Gasteiger partial charge in [-0.3, -0.25) is 0 Å². The molecule has 68 valence electrons. The van der Waals surface area contributed by atoms with Gasteiger partial charge < -0.3 is 4.42 Å². The number of rotatable bonds is 0. The van der Waals surface area contributed by atoms with Gasteiger partial charge >= 0.3 is 5.63 Å². The van der Waals surface area contributed by atoms with E-state index in [1.807, 2.05) is 6.07 Å². The highest BCUT2D eigenvalue weighted by Gasteiger charge is 2.07. The second kappa shape index (κ2) is 2.58. The highest BCUT2D eigenvalue weighted by Crippen LogP contribution is 2.24. The first-order valence-corrected chi connectivity index (χ1v) is 4.56. The van der Waals surface area contributed by atoms with Crippen LogP contribution in [0.4, 0.5) is 0 Å². The largest absolute Gasteiger partial charge is 0.423 e. The molecule has 0 spiro atoms. The zero-order valence-electron chi connectivity index (χ0n) is 7.49. The molecule has 0 fully saturated rings. The predicted octanol–water partition coefficient (Wildman–Crippen LogP) is 2.36. The van der Waals surface area contributed by atoms with E-state index in [-0.39, 0.29) is 5.63 Å². The molecular weight excluding hydrogens is 176 g/mol. The number of hydrogen-bond donors (Lipinski definition) is 0. The van der Waals surface area contributed by atoms with Gasteiger partial charge in [0.15, 0.2) is 0 Å². The van der Waals surface area contributed by atoms with Gasteiger partial charge in [0, 0.05) is 11.5 Å². The van der Waals surface area contributed by atoms with Crippen LogP contribution in [-0.2, 0) is 6.42 Å². The molecule has 0 radical (unpaired) electrons. The molecule has 2 heteroatoms. The Labute approximate surface area is 80.5 Å². The molecule has 0 saturated carbocycles. The second-order valence-electron chi connectivity index (χ2n) is 3.45. The zero-order chi connectivity index (χ0) is 9.54. The maximum Gasteiger partial charge on any atom is 0.336 e. The van der Waals surface area contributed by atoms with Gasteiger partial charge in [0.05, 0.1) is 0 Å². The van der Waals surface area contributed by atoms with E-state index in [2.05, 4.69) is 18.2 Å². The fourth-order valence-electron chi connectivity index (χ4n) is 1.82. The number of fused-ring (bicyclic) bond motifs is 2. The SMILES string of the molecule is O=c1ccc2cc3c(cc2o1)CC=C3. The molecule has 1 aromatic carbocycles. The maximum absolute atomic E-state index is 11.0. The lowest BCUT2D eigenvalue weighted by atomic mass is 10.1. The molecule has 0 amide bonds. The van der Waals surface area contributed by atoms with Crippen molar-refractivity contribution in [3.63, 3.8) is 0 Å². The van der Waals surface area contributed by atoms with Crippen molar-refractivity contribution in [2.75, 3.05) is 0 Å². The van der Waals surface area contributed by atoms with Gasteiger partial charge in [-0.15, -0.1) is 0 Å². The number of hydrogen-bond acceptors (Lipinski definition) is 2. The molecule has 1 heterocycles. The smallest absolute Gasteiger partial charge is 0.336 e. The summed E-state index contributed by atoms with van der Waals surface area (Å²) in [5, 5.41) is 0.981. The highest BCUT2D eigenvalue weighted by atomic mass is 16.4. The molecule has 2 nitrogen and oxygen atoms in total. The third-order valence-electron chi connectivity index (χ3n) is 2.52. The highest BCUT2D eigenvalue weighted by molar-refractivity contribution is 5.82. The summed E-state index contributed by atoms with van der Waals surface area (Å²) < 4.78 is 5.10. The molecule has 0 unspecified atom stereocenters. The Morgan fingerprint density at radius 3 is 3.07 bits per heavy atom. The summed E-state index contributed by atoms with van der Waals surface area (Å²) in [6, 6.07) is 7.25. The van der Waals surface area contributed by atoms with Gasteiger partial charge in [0.2, 0.25) is 0 Å². The Hall–Kier alpha value is -1.83. The Balaban J connectivity index is 2.42. The summed E-state index contributed by atoms with van der Waals surface area (Å²) in [6.45, 7) is 0. The van der Waals surface area contributed by atoms with Crippen molar-refractivity contribution in [3.05, 3.63) is 51.9 Å². The van der Waals surface area contributed by atoms with Crippen LogP contribution in [0.2, 0.25) is 0 Å². The standard InChI is InChI=1S/C12H8O2/c13-12-5-4-10-6-8-2-1-3-9(8)7-11(10)14-12/h1-2,4-7H,3H2. The van der Waals surface area contributed by atoms with Crippen molar-refractivity contribution in [1.82, 2.24) is 0 Å². The van der Waals surface area contributed by atoms with Crippen LogP contribution in [0.3, 0.4) is 0 Å². The Morgan fingerprint density at radius 1 is 1.21 bits per heavy atom. The van der Waals surface area contributed by atoms with Crippen LogP contribution in [0, 0.1) is 0 Å². The van der Waals surface area contributed by atoms with Crippen LogP contribution in [0.15, 0.2) is 39.6 Å². The molecule has 0 atom stereocenters. The lowest BCUT2D eigenvalue weighted by Crippen LogP contribution is -1.95. The van der Waals surface area contributed by atoms with Gasteiger partial charge in [-0.1, -0.05) is 12.2 Å². The fourth-order valence-corrected chi connectivity index (χ4v) is 1.82. The lowest BCUT2D eigenvalue weighted by molar-refractivity contribution is 0.560. The van der Waals surface area contributed by atoms with Gasteiger partial charge in [0.1, 0.15) is 5.58 Å². The van der Waals surface area contributed by atoms with Crippen molar-refractivity contribution in [2.45, 2.75) is 6.42 Å². The minimum absolute atomic E-state index is 0.289. The zero-order valence-corrected chi connectivity index (χ0v) is 7.49. The number of benzene rings is 1. The van der Waals surface area contributed by atoms with E-state index in [4.69, 9.17) is 4.42 Å². The van der Waals surface area contributed by atoms with Crippen LogP contribution in [-0.4, -0.2) is 0 Å². The molecular formula is C12H8O2. The second-order valence-corrected chi connectivity index (χ2v) is 3.45. The average molecular weight is 184 g/mol. The first-order valence-electron chi connectivity index (χ1n) is 4.56. The minimum Gasteiger partial charge on any atom is -0.423 e. The van der Waals surface area contributed by atoms with E-state index in [0.717, 1.165) is 11.8 Å². The molecule has 14 heavy (non-hydrogen) atoms. The Bertz CT molecular complexity index is 591. The topological polar surface area (TPSA) is 30.2 Å². The van der Waals surface area contributed by atoms with Crippen molar-refractivity contribution in [1.29, 1.82) is 0 Å². The molecule has 3 rings (SSSR count). The van der Waals surface area contributed by atoms with Crippen LogP contribution < -0.4 is 5.63 Å². The van der Waals surface area contributed by atoms with Gasteiger partial charge in [0.25, 0.3) is 0 Å². The van der Waals surface area contributed by atoms with E-state index in [1.165, 1.54) is 17.2 Å². The summed E-state index contributed by atoms with van der Waals surface area (Å²) in [7, 11) is 0. The molecule has 0 N–H and O–H groups in total. The minimum atomic E-state index is -0.289. The average Bonchev–Trinajstić information content (AvgIpc) is 2.61. The molecule has 0 bridgehead atoms. The monoisotopic (exact) mass is 184 g/mol. The van der Waals surface area contributed by atoms with E-state index >= 15 is 0 Å². The van der Waals surface area contributed by atoms with Crippen molar-refractivity contribution in [2.24, 2.45) is 0 Å². The fraction of sp³-hybridized carbons (Fsp3) is 0.0833. The van der Waals surface area contributed by atoms with Crippen molar-refractivity contribution >= 4 is 17.0 Å². The van der Waals surface area contributed by atoms with E-state index < -0.39 is 0 Å². The summed E-state index contributed by atoms with van der Waals surface area (Å²) >= 11 is 0. The summed E-state index contributed by atoms with van der Waals surface area (Å²) in [5.41, 5.74) is 2.85. The van der Waals surface area contributed by atoms with E-state index in [9.17, 15) is 4.79 Å². The first-order chi connectivity index (χ1) is 6.83. The molecule has 0 saturated heterocycles. The molecule has 1 aliphatic rings. The summed E-state index contributed by atoms with van der Waals surface area (Å²) in [6.07, 6.45) is 5.14. The van der Waals surface area contributed by atoms with Crippen LogP contribution in [0.5, 0.6) is 0 Å². The van der Waals surface area contributed by atoms with E-state index in [0.29, 0.717) is 5.58 Å². The third-order valence-corrected chi connectivity index (χ3v) is 2.52. The Kier molecular flexibility index (Phi) is 1.39. The Morgan fingerprint density at radius 2 is 2.14 bits per heavy atom. The maximum atomic E-state index is 11.0. The van der Waals surface area contributed by atoms with Crippen molar-refractivity contribution in [3.8, 4) is 0 Å². The third kappa shape index (κ3) is 1.01. The van der Waals surface area contributed by atoms with E-state index in [1.54, 1.807) is 6.07 Å². The predicted molar refractivity (Wildman–Crippen MR) is 55.2 cm³/mol. The number of allylic oxidation sites excluding steroid dienone is 1. The lowest BCUT2D eigenvalue weighted by Gasteiger charge is -2.00. The van der Waals surface area contributed by atoms with Gasteiger partial charge in [-0.2, -0.15) is 0 Å². The van der Waals surface area contributed by atoms with Crippen LogP contribution >= 0.6 is 0 Å². The molecule has 0 aliphatic heterocycles. The van der Waals surface area contributed by atoms with Crippen molar-refractivity contribution < 1.29 is 4.42 Å². The summed E-state index contributed by atoms with van der Waals surface area (Å²) in [4.78, 5) is 11.0. The van der Waals surface area contributed by atoms with Crippen LogP contribution in [0.25, 0.3) is 17.0 Å².